The van der Waals surface area contributed by atoms with Crippen molar-refractivity contribution in [2.45, 2.75) is 0 Å². The Morgan fingerprint density at radius 3 is 2.08 bits per heavy atom. The van der Waals surface area contributed by atoms with Crippen LogP contribution in [0.2, 0.25) is 0 Å². The molecule has 0 atom stereocenters. The number of rotatable bonds is 1. The molecule has 0 saturated carbocycles. The van der Waals surface area contributed by atoms with E-state index in [0.29, 0.717) is 0 Å². The zero-order chi connectivity index (χ0) is 8.23. The van der Waals surface area contributed by atoms with Gasteiger partial charge in [-0.1, -0.05) is 30.3 Å². The van der Waals surface area contributed by atoms with Crippen LogP contribution < -0.4 is 0 Å². The zero-order valence-corrected chi connectivity index (χ0v) is 6.62. The predicted octanol–water partition coefficient (Wildman–Crippen LogP) is 2.95. The summed E-state index contributed by atoms with van der Waals surface area (Å²) in [6.07, 6.45) is 0. The van der Waals surface area contributed by atoms with E-state index in [9.17, 15) is 0 Å². The van der Waals surface area contributed by atoms with Crippen molar-refractivity contribution in [3.8, 4) is 11.1 Å². The topological polar surface area (TPSA) is 0 Å². The second-order valence-corrected chi connectivity index (χ2v) is 2.59. The first-order chi connectivity index (χ1) is 5.97. The highest BCUT2D eigenvalue weighted by atomic mass is 14.0. The van der Waals surface area contributed by atoms with Gasteiger partial charge in [0, 0.05) is 0 Å². The molecule has 0 spiro atoms. The van der Waals surface area contributed by atoms with Crippen molar-refractivity contribution >= 4 is 0 Å². The molecule has 0 amide bonds. The molecular formula is C12H8-2. The third-order valence-electron chi connectivity index (χ3n) is 1.75. The second kappa shape index (κ2) is 3.22. The van der Waals surface area contributed by atoms with Gasteiger partial charge in [-0.2, -0.15) is 0 Å². The van der Waals surface area contributed by atoms with Crippen LogP contribution in [0.4, 0.5) is 0 Å². The molecule has 0 heterocycles. The quantitative estimate of drug-likeness (QED) is 0.551. The van der Waals surface area contributed by atoms with Gasteiger partial charge in [0.15, 0.2) is 0 Å². The highest BCUT2D eigenvalue weighted by Gasteiger charge is 1.78. The van der Waals surface area contributed by atoms with E-state index < -0.39 is 0 Å². The minimum Gasteiger partial charge on any atom is -0.358 e. The molecule has 58 valence electrons. The number of hydrogen-bond donors (Lipinski definition) is 0. The van der Waals surface area contributed by atoms with Crippen LogP contribution >= 0.6 is 0 Å². The van der Waals surface area contributed by atoms with Crippen molar-refractivity contribution in [2.75, 3.05) is 0 Å². The summed E-state index contributed by atoms with van der Waals surface area (Å²) in [4.78, 5) is 0. The van der Waals surface area contributed by atoms with Crippen molar-refractivity contribution in [2.24, 2.45) is 0 Å². The summed E-state index contributed by atoms with van der Waals surface area (Å²) in [6, 6.07) is 22.0. The first-order valence-corrected chi connectivity index (χ1v) is 3.89. The molecule has 0 aliphatic carbocycles. The van der Waals surface area contributed by atoms with E-state index in [1.165, 1.54) is 5.56 Å². The molecule has 2 aromatic carbocycles. The molecule has 0 heteroatoms. The smallest absolute Gasteiger partial charge is 0.0624 e. The third-order valence-corrected chi connectivity index (χ3v) is 1.75. The van der Waals surface area contributed by atoms with Gasteiger partial charge in [0.2, 0.25) is 0 Å². The lowest BCUT2D eigenvalue weighted by molar-refractivity contribution is 1.60. The summed E-state index contributed by atoms with van der Waals surface area (Å²) in [5.74, 6) is 0. The van der Waals surface area contributed by atoms with Crippen LogP contribution in [0.25, 0.3) is 11.1 Å². The van der Waals surface area contributed by atoms with Crippen molar-refractivity contribution in [3.63, 3.8) is 0 Å². The molecule has 0 saturated heterocycles. The van der Waals surface area contributed by atoms with Gasteiger partial charge in [0.25, 0.3) is 0 Å². The monoisotopic (exact) mass is 152 g/mol. The highest BCUT2D eigenvalue weighted by Crippen LogP contribution is 2.16. The Kier molecular flexibility index (Phi) is 1.91. The number of benzene rings is 2. The fourth-order valence-electron chi connectivity index (χ4n) is 1.15. The standard InChI is InChI=1S/C12H8/c1-3-7-11(8-4-1)12-9-5-2-6-10-12/h1-4,7-10H/q-2. The summed E-state index contributed by atoms with van der Waals surface area (Å²) < 4.78 is 0. The van der Waals surface area contributed by atoms with Crippen LogP contribution in [-0.2, 0) is 0 Å². The molecule has 0 aliphatic heterocycles. The van der Waals surface area contributed by atoms with Gasteiger partial charge in [-0.15, -0.1) is 5.56 Å². The van der Waals surface area contributed by atoms with Crippen molar-refractivity contribution in [3.05, 3.63) is 60.7 Å². The summed E-state index contributed by atoms with van der Waals surface area (Å²) in [7, 11) is 0. The van der Waals surface area contributed by atoms with Gasteiger partial charge in [0.1, 0.15) is 0 Å². The van der Waals surface area contributed by atoms with Gasteiger partial charge in [0.05, 0.1) is 0 Å². The molecular weight excluding hydrogens is 144 g/mol. The van der Waals surface area contributed by atoms with Crippen LogP contribution in [-0.4, -0.2) is 0 Å². The Labute approximate surface area is 72.5 Å². The van der Waals surface area contributed by atoms with Gasteiger partial charge in [-0.3, -0.25) is 12.1 Å². The maximum atomic E-state index is 3.00. The molecule has 0 nitrogen and oxygen atoms in total. The largest absolute Gasteiger partial charge is 0.358 e. The summed E-state index contributed by atoms with van der Waals surface area (Å²) in [5.41, 5.74) is 2.38. The van der Waals surface area contributed by atoms with Crippen molar-refractivity contribution in [1.82, 2.24) is 0 Å². The van der Waals surface area contributed by atoms with Crippen LogP contribution in [0, 0.1) is 12.1 Å². The van der Waals surface area contributed by atoms with Gasteiger partial charge < -0.3 is 18.2 Å². The molecule has 0 N–H and O–H groups in total. The van der Waals surface area contributed by atoms with Crippen LogP contribution in [0.1, 0.15) is 0 Å². The van der Waals surface area contributed by atoms with E-state index >= 15 is 0 Å². The lowest BCUT2D eigenvalue weighted by Crippen LogP contribution is -1.74. The minimum atomic E-state index is 1.16. The maximum absolute atomic E-state index is 3.00. The maximum Gasteiger partial charge on any atom is -0.0624 e. The van der Waals surface area contributed by atoms with E-state index in [0.717, 1.165) is 5.56 Å². The molecule has 0 aromatic heterocycles. The molecule has 0 unspecified atom stereocenters. The Morgan fingerprint density at radius 1 is 0.750 bits per heavy atom. The Morgan fingerprint density at radius 2 is 1.42 bits per heavy atom. The van der Waals surface area contributed by atoms with E-state index in [4.69, 9.17) is 0 Å². The molecule has 2 aromatic rings. The first kappa shape index (κ1) is 7.11. The summed E-state index contributed by atoms with van der Waals surface area (Å²) in [6.45, 7) is 0. The minimum absolute atomic E-state index is 1.16. The Balaban J connectivity index is 2.46. The fraction of sp³-hybridized carbons (Fsp3) is 0. The van der Waals surface area contributed by atoms with Crippen molar-refractivity contribution in [1.29, 1.82) is 0 Å². The highest BCUT2D eigenvalue weighted by molar-refractivity contribution is 5.62. The van der Waals surface area contributed by atoms with Gasteiger partial charge in [-0.25, -0.2) is 5.56 Å². The first-order valence-electron chi connectivity index (χ1n) is 3.89. The lowest BCUT2D eigenvalue weighted by Gasteiger charge is -2.15. The van der Waals surface area contributed by atoms with Crippen LogP contribution in [0.15, 0.2) is 48.5 Å². The predicted molar refractivity (Wildman–Crippen MR) is 49.6 cm³/mol. The third kappa shape index (κ3) is 1.37. The van der Waals surface area contributed by atoms with E-state index in [-0.39, 0.29) is 0 Å². The average molecular weight is 152 g/mol. The van der Waals surface area contributed by atoms with E-state index in [2.05, 4.69) is 24.3 Å². The number of hydrogen-bond acceptors (Lipinski definition) is 0. The molecule has 0 radical (unpaired) electrons. The van der Waals surface area contributed by atoms with Crippen LogP contribution in [0.3, 0.4) is 0 Å². The molecule has 12 heavy (non-hydrogen) atoms. The average Bonchev–Trinajstić information content (AvgIpc) is 2.21. The molecule has 0 aliphatic rings. The Bertz CT molecular complexity index is 297. The summed E-state index contributed by atoms with van der Waals surface area (Å²) in [5, 5.41) is 0. The summed E-state index contributed by atoms with van der Waals surface area (Å²) >= 11 is 0. The van der Waals surface area contributed by atoms with Crippen LogP contribution in [0.5, 0.6) is 0 Å². The van der Waals surface area contributed by atoms with E-state index in [1.54, 1.807) is 6.07 Å². The van der Waals surface area contributed by atoms with Gasteiger partial charge in [-0.05, 0) is 0 Å². The normalized spacial score (nSPS) is 9.67. The zero-order valence-electron chi connectivity index (χ0n) is 6.62. The SMILES string of the molecule is [c-]1c[c-]cc(-c2ccccc2)c1. The molecule has 0 fully saturated rings. The molecule has 2 rings (SSSR count). The lowest BCUT2D eigenvalue weighted by atomic mass is 10.1. The molecule has 0 bridgehead atoms. The second-order valence-electron chi connectivity index (χ2n) is 2.59. The van der Waals surface area contributed by atoms with Crippen molar-refractivity contribution < 1.29 is 0 Å². The van der Waals surface area contributed by atoms with E-state index in [1.807, 2.05) is 30.3 Å². The fourth-order valence-corrected chi connectivity index (χ4v) is 1.15. The van der Waals surface area contributed by atoms with Gasteiger partial charge >= 0.3 is 0 Å². The Hall–Kier alpha value is -1.56.